The van der Waals surface area contributed by atoms with Gasteiger partial charge in [-0.2, -0.15) is 5.10 Å². The van der Waals surface area contributed by atoms with Crippen molar-refractivity contribution in [1.29, 1.82) is 0 Å². The van der Waals surface area contributed by atoms with E-state index in [1.807, 2.05) is 0 Å². The molecule has 0 fully saturated rings. The van der Waals surface area contributed by atoms with Crippen LogP contribution < -0.4 is 15.5 Å². The van der Waals surface area contributed by atoms with Crippen LogP contribution in [0, 0.1) is 12.3 Å². The third kappa shape index (κ3) is 5.96. The highest BCUT2D eigenvalue weighted by Gasteiger charge is 2.08. The summed E-state index contributed by atoms with van der Waals surface area (Å²) in [5.41, 5.74) is 3.35. The van der Waals surface area contributed by atoms with Crippen LogP contribution in [0.5, 0.6) is 5.75 Å². The molecule has 0 saturated carbocycles. The van der Waals surface area contributed by atoms with Gasteiger partial charge in [0.25, 0.3) is 11.8 Å². The number of para-hydroxylation sites is 1. The summed E-state index contributed by atoms with van der Waals surface area (Å²) in [7, 11) is 0. The number of ether oxygens (including phenoxy) is 1. The van der Waals surface area contributed by atoms with E-state index in [0.717, 1.165) is 0 Å². The van der Waals surface area contributed by atoms with Crippen molar-refractivity contribution in [3.63, 3.8) is 0 Å². The second-order valence-electron chi connectivity index (χ2n) is 5.02. The first-order valence-electron chi connectivity index (χ1n) is 7.61. The number of carbonyl (C=O) groups excluding carboxylic acids is 2. The molecule has 6 nitrogen and oxygen atoms in total. The summed E-state index contributed by atoms with van der Waals surface area (Å²) in [6.07, 6.45) is 6.60. The number of nitrogens with zero attached hydrogens (tertiary/aromatic N) is 1. The van der Waals surface area contributed by atoms with Crippen molar-refractivity contribution in [1.82, 2.24) is 10.7 Å². The Hall–Kier alpha value is -3.30. The summed E-state index contributed by atoms with van der Waals surface area (Å²) in [5.74, 6) is 2.05. The number of rotatable bonds is 7. The van der Waals surface area contributed by atoms with Gasteiger partial charge in [0.15, 0.2) is 0 Å². The van der Waals surface area contributed by atoms with E-state index in [-0.39, 0.29) is 13.2 Å². The fourth-order valence-corrected chi connectivity index (χ4v) is 2.13. The van der Waals surface area contributed by atoms with E-state index < -0.39 is 11.8 Å². The highest BCUT2D eigenvalue weighted by atomic mass is 35.5. The largest absolute Gasteiger partial charge is 0.480 e. The first kappa shape index (κ1) is 19.0. The van der Waals surface area contributed by atoms with Crippen LogP contribution in [0.25, 0.3) is 0 Å². The van der Waals surface area contributed by atoms with Crippen molar-refractivity contribution in [3.8, 4) is 18.1 Å². The SMILES string of the molecule is C#CCOc1ccccc1/C=N\NC(=O)CNC(=O)c1cccc(Cl)c1. The number of nitrogens with one attached hydrogen (secondary N) is 2. The zero-order chi connectivity index (χ0) is 18.8. The Bertz CT molecular complexity index is 859. The average Bonchev–Trinajstić information content (AvgIpc) is 2.65. The van der Waals surface area contributed by atoms with Crippen molar-refractivity contribution in [2.24, 2.45) is 5.10 Å². The number of terminal acetylenes is 1. The van der Waals surface area contributed by atoms with Crippen LogP contribution in [-0.4, -0.2) is 31.2 Å². The molecule has 0 atom stereocenters. The zero-order valence-electron chi connectivity index (χ0n) is 13.7. The topological polar surface area (TPSA) is 79.8 Å². The third-order valence-electron chi connectivity index (χ3n) is 3.12. The van der Waals surface area contributed by atoms with E-state index in [9.17, 15) is 9.59 Å². The molecule has 0 aliphatic heterocycles. The minimum absolute atomic E-state index is 0.132. The molecule has 0 radical (unpaired) electrons. The second kappa shape index (κ2) is 9.87. The number of hydrogen-bond acceptors (Lipinski definition) is 4. The number of hydrogen-bond donors (Lipinski definition) is 2. The Morgan fingerprint density at radius 3 is 2.81 bits per heavy atom. The molecule has 26 heavy (non-hydrogen) atoms. The minimum Gasteiger partial charge on any atom is -0.480 e. The van der Waals surface area contributed by atoms with E-state index in [1.54, 1.807) is 42.5 Å². The second-order valence-corrected chi connectivity index (χ2v) is 5.45. The lowest BCUT2D eigenvalue weighted by Gasteiger charge is -2.06. The standard InChI is InChI=1S/C19H16ClN3O3/c1-2-10-26-17-9-4-3-6-15(17)12-22-23-18(24)13-21-19(25)14-7-5-8-16(20)11-14/h1,3-9,11-12H,10,13H2,(H,21,25)(H,23,24)/b22-12-. The van der Waals surface area contributed by atoms with Crippen LogP contribution in [0.15, 0.2) is 53.6 Å². The number of benzene rings is 2. The molecule has 0 aliphatic rings. The van der Waals surface area contributed by atoms with E-state index in [0.29, 0.717) is 21.9 Å². The molecule has 2 amide bonds. The summed E-state index contributed by atoms with van der Waals surface area (Å²) >= 11 is 5.82. The molecule has 132 valence electrons. The van der Waals surface area contributed by atoms with Crippen molar-refractivity contribution in [2.45, 2.75) is 0 Å². The molecule has 2 aromatic carbocycles. The quantitative estimate of drug-likeness (QED) is 0.446. The molecule has 0 bridgehead atoms. The lowest BCUT2D eigenvalue weighted by molar-refractivity contribution is -0.120. The van der Waals surface area contributed by atoms with Gasteiger partial charge in [0, 0.05) is 16.1 Å². The van der Waals surface area contributed by atoms with Crippen molar-refractivity contribution < 1.29 is 14.3 Å². The molecule has 7 heteroatoms. The van der Waals surface area contributed by atoms with E-state index in [2.05, 4.69) is 21.8 Å². The van der Waals surface area contributed by atoms with Crippen LogP contribution in [0.3, 0.4) is 0 Å². The van der Waals surface area contributed by atoms with Crippen LogP contribution >= 0.6 is 11.6 Å². The Balaban J connectivity index is 1.84. The van der Waals surface area contributed by atoms with Crippen molar-refractivity contribution >= 4 is 29.6 Å². The summed E-state index contributed by atoms with van der Waals surface area (Å²) in [5, 5.41) is 6.77. The monoisotopic (exact) mass is 369 g/mol. The minimum atomic E-state index is -0.473. The molecule has 0 saturated heterocycles. The normalized spacial score (nSPS) is 10.2. The molecule has 2 aromatic rings. The van der Waals surface area contributed by atoms with Gasteiger partial charge in [-0.25, -0.2) is 5.43 Å². The van der Waals surface area contributed by atoms with Gasteiger partial charge in [-0.05, 0) is 30.3 Å². The Labute approximate surface area is 156 Å². The highest BCUT2D eigenvalue weighted by Crippen LogP contribution is 2.15. The smallest absolute Gasteiger partial charge is 0.259 e. The first-order chi connectivity index (χ1) is 12.6. The summed E-state index contributed by atoms with van der Waals surface area (Å²) in [6, 6.07) is 13.5. The predicted octanol–water partition coefficient (Wildman–Crippen LogP) is 2.23. The van der Waals surface area contributed by atoms with Gasteiger partial charge in [-0.1, -0.05) is 35.7 Å². The molecule has 0 spiro atoms. The lowest BCUT2D eigenvalue weighted by atomic mass is 10.2. The summed E-state index contributed by atoms with van der Waals surface area (Å²) in [4.78, 5) is 23.7. The van der Waals surface area contributed by atoms with Gasteiger partial charge >= 0.3 is 0 Å². The third-order valence-corrected chi connectivity index (χ3v) is 3.35. The van der Waals surface area contributed by atoms with Crippen LogP contribution in [-0.2, 0) is 4.79 Å². The maximum Gasteiger partial charge on any atom is 0.259 e. The fraction of sp³-hybridized carbons (Fsp3) is 0.105. The Morgan fingerprint density at radius 1 is 1.23 bits per heavy atom. The van der Waals surface area contributed by atoms with E-state index in [1.165, 1.54) is 12.3 Å². The molecule has 0 aromatic heterocycles. The molecule has 2 rings (SSSR count). The van der Waals surface area contributed by atoms with Crippen LogP contribution in [0.4, 0.5) is 0 Å². The number of carbonyl (C=O) groups is 2. The number of amides is 2. The number of hydrazone groups is 1. The first-order valence-corrected chi connectivity index (χ1v) is 7.99. The number of halogens is 1. The van der Waals surface area contributed by atoms with Crippen LogP contribution in [0.1, 0.15) is 15.9 Å². The van der Waals surface area contributed by atoms with Gasteiger partial charge in [0.2, 0.25) is 0 Å². The highest BCUT2D eigenvalue weighted by molar-refractivity contribution is 6.30. The maximum atomic E-state index is 11.9. The van der Waals surface area contributed by atoms with Gasteiger partial charge in [-0.3, -0.25) is 9.59 Å². The zero-order valence-corrected chi connectivity index (χ0v) is 14.5. The van der Waals surface area contributed by atoms with Gasteiger partial charge in [-0.15, -0.1) is 6.42 Å². The maximum absolute atomic E-state index is 11.9. The summed E-state index contributed by atoms with van der Waals surface area (Å²) in [6.45, 7) is -0.0926. The molecule has 0 unspecified atom stereocenters. The molecule has 2 N–H and O–H groups in total. The molecule has 0 aliphatic carbocycles. The fourth-order valence-electron chi connectivity index (χ4n) is 1.94. The van der Waals surface area contributed by atoms with Crippen molar-refractivity contribution in [3.05, 3.63) is 64.7 Å². The Morgan fingerprint density at radius 2 is 2.04 bits per heavy atom. The average molecular weight is 370 g/mol. The van der Waals surface area contributed by atoms with Gasteiger partial charge in [0.1, 0.15) is 12.4 Å². The van der Waals surface area contributed by atoms with E-state index in [4.69, 9.17) is 22.8 Å². The van der Waals surface area contributed by atoms with Crippen molar-refractivity contribution in [2.75, 3.05) is 13.2 Å². The summed E-state index contributed by atoms with van der Waals surface area (Å²) < 4.78 is 5.37. The predicted molar refractivity (Wildman–Crippen MR) is 100 cm³/mol. The molecule has 0 heterocycles. The van der Waals surface area contributed by atoms with Gasteiger partial charge in [0.05, 0.1) is 12.8 Å². The Kier molecular flexibility index (Phi) is 7.22. The lowest BCUT2D eigenvalue weighted by Crippen LogP contribution is -2.34. The van der Waals surface area contributed by atoms with Gasteiger partial charge < -0.3 is 10.1 Å². The molecular weight excluding hydrogens is 354 g/mol. The molecular formula is C19H16ClN3O3. The van der Waals surface area contributed by atoms with Crippen LogP contribution in [0.2, 0.25) is 5.02 Å². The van der Waals surface area contributed by atoms with E-state index >= 15 is 0 Å².